The van der Waals surface area contributed by atoms with Gasteiger partial charge in [0.15, 0.2) is 11.6 Å². The van der Waals surface area contributed by atoms with Gasteiger partial charge in [-0.3, -0.25) is 9.69 Å². The molecule has 4 rings (SSSR count). The van der Waals surface area contributed by atoms with Crippen LogP contribution in [-0.2, 0) is 29.0 Å². The molecule has 30 heavy (non-hydrogen) atoms. The summed E-state index contributed by atoms with van der Waals surface area (Å²) >= 11 is 0. The number of benzene rings is 1. The molecule has 0 aliphatic carbocycles. The van der Waals surface area contributed by atoms with Gasteiger partial charge in [0.2, 0.25) is 5.91 Å². The highest BCUT2D eigenvalue weighted by molar-refractivity contribution is 5.79. The van der Waals surface area contributed by atoms with E-state index in [1.54, 1.807) is 4.90 Å². The van der Waals surface area contributed by atoms with Crippen LogP contribution in [0, 0.1) is 0 Å². The summed E-state index contributed by atoms with van der Waals surface area (Å²) in [6.07, 6.45) is 1.90. The molecule has 2 aliphatic rings. The van der Waals surface area contributed by atoms with E-state index < -0.39 is 5.60 Å². The molecule has 1 unspecified atom stereocenters. The standard InChI is InChI=1S/C22H29N5O3/c1-22(2,3)30-21(29)25-12-13-27-18(15-25)23-24-20(27)17-10-7-11-26(17)19(28)14-16-8-5-4-6-9-16/h4-6,8-9,17H,7,10-15H2,1-3H3. The molecule has 1 aromatic carbocycles. The van der Waals surface area contributed by atoms with Crippen molar-refractivity contribution in [2.45, 2.75) is 64.8 Å². The highest BCUT2D eigenvalue weighted by Gasteiger charge is 2.36. The Hall–Kier alpha value is -2.90. The Morgan fingerprint density at radius 1 is 1.10 bits per heavy atom. The molecule has 0 N–H and O–H groups in total. The Morgan fingerprint density at radius 3 is 2.60 bits per heavy atom. The van der Waals surface area contributed by atoms with E-state index in [2.05, 4.69) is 14.8 Å². The monoisotopic (exact) mass is 411 g/mol. The minimum Gasteiger partial charge on any atom is -0.444 e. The number of ether oxygens (including phenoxy) is 1. The Bertz CT molecular complexity index is 919. The fraction of sp³-hybridized carbons (Fsp3) is 0.545. The quantitative estimate of drug-likeness (QED) is 0.776. The first-order valence-electron chi connectivity index (χ1n) is 10.5. The smallest absolute Gasteiger partial charge is 0.410 e. The molecular formula is C22H29N5O3. The van der Waals surface area contributed by atoms with Gasteiger partial charge in [-0.2, -0.15) is 0 Å². The third-order valence-electron chi connectivity index (χ3n) is 5.50. The number of nitrogens with zero attached hydrogens (tertiary/aromatic N) is 5. The Labute approximate surface area is 176 Å². The van der Waals surface area contributed by atoms with Gasteiger partial charge in [-0.25, -0.2) is 4.79 Å². The summed E-state index contributed by atoms with van der Waals surface area (Å²) in [5.74, 6) is 1.68. The van der Waals surface area contributed by atoms with Crippen molar-refractivity contribution < 1.29 is 14.3 Å². The van der Waals surface area contributed by atoms with Crippen molar-refractivity contribution in [1.29, 1.82) is 0 Å². The van der Waals surface area contributed by atoms with Gasteiger partial charge in [0, 0.05) is 19.6 Å². The normalized spacial score (nSPS) is 19.0. The zero-order valence-corrected chi connectivity index (χ0v) is 17.9. The molecule has 2 aliphatic heterocycles. The van der Waals surface area contributed by atoms with Gasteiger partial charge in [0.05, 0.1) is 19.0 Å². The maximum absolute atomic E-state index is 13.0. The second kappa shape index (κ2) is 8.08. The molecule has 1 fully saturated rings. The lowest BCUT2D eigenvalue weighted by Crippen LogP contribution is -2.42. The molecule has 2 amide bonds. The van der Waals surface area contributed by atoms with E-state index in [4.69, 9.17) is 4.74 Å². The SMILES string of the molecule is CC(C)(C)OC(=O)N1CCn2c(nnc2C2CCCN2C(=O)Cc2ccccc2)C1. The van der Waals surface area contributed by atoms with Crippen molar-refractivity contribution in [2.24, 2.45) is 0 Å². The summed E-state index contributed by atoms with van der Waals surface area (Å²) in [7, 11) is 0. The van der Waals surface area contributed by atoms with E-state index >= 15 is 0 Å². The van der Waals surface area contributed by atoms with Crippen molar-refractivity contribution in [3.05, 3.63) is 47.5 Å². The summed E-state index contributed by atoms with van der Waals surface area (Å²) in [6, 6.07) is 9.76. The van der Waals surface area contributed by atoms with Crippen molar-refractivity contribution in [3.8, 4) is 0 Å². The Kier molecular flexibility index (Phi) is 5.49. The largest absolute Gasteiger partial charge is 0.444 e. The molecule has 1 aromatic heterocycles. The highest BCUT2D eigenvalue weighted by atomic mass is 16.6. The van der Waals surface area contributed by atoms with Crippen LogP contribution >= 0.6 is 0 Å². The summed E-state index contributed by atoms with van der Waals surface area (Å²) in [6.45, 7) is 7.82. The maximum Gasteiger partial charge on any atom is 0.410 e. The van der Waals surface area contributed by atoms with Crippen LogP contribution in [0.25, 0.3) is 0 Å². The van der Waals surface area contributed by atoms with Crippen LogP contribution in [-0.4, -0.2) is 55.3 Å². The second-order valence-corrected chi connectivity index (χ2v) is 8.94. The van der Waals surface area contributed by atoms with E-state index in [0.29, 0.717) is 26.1 Å². The summed E-state index contributed by atoms with van der Waals surface area (Å²) in [4.78, 5) is 29.0. The Balaban J connectivity index is 1.47. The molecule has 0 saturated carbocycles. The molecule has 0 radical (unpaired) electrons. The summed E-state index contributed by atoms with van der Waals surface area (Å²) < 4.78 is 7.55. The first-order chi connectivity index (χ1) is 14.3. The second-order valence-electron chi connectivity index (χ2n) is 8.94. The van der Waals surface area contributed by atoms with E-state index in [1.165, 1.54) is 0 Å². The van der Waals surface area contributed by atoms with E-state index in [0.717, 1.165) is 36.6 Å². The van der Waals surface area contributed by atoms with Crippen LogP contribution in [0.4, 0.5) is 4.79 Å². The molecule has 1 atom stereocenters. The van der Waals surface area contributed by atoms with Crippen LogP contribution in [0.15, 0.2) is 30.3 Å². The maximum atomic E-state index is 13.0. The van der Waals surface area contributed by atoms with Gasteiger partial charge in [-0.15, -0.1) is 10.2 Å². The zero-order valence-electron chi connectivity index (χ0n) is 17.9. The van der Waals surface area contributed by atoms with Crippen LogP contribution in [0.5, 0.6) is 0 Å². The number of carbonyl (C=O) groups excluding carboxylic acids is 2. The lowest BCUT2D eigenvalue weighted by Gasteiger charge is -2.31. The first kappa shape index (κ1) is 20.4. The van der Waals surface area contributed by atoms with Crippen LogP contribution in [0.2, 0.25) is 0 Å². The number of hydrogen-bond acceptors (Lipinski definition) is 5. The number of fused-ring (bicyclic) bond motifs is 1. The third kappa shape index (κ3) is 4.32. The predicted molar refractivity (Wildman–Crippen MR) is 111 cm³/mol. The van der Waals surface area contributed by atoms with Gasteiger partial charge in [0.25, 0.3) is 0 Å². The van der Waals surface area contributed by atoms with Crippen molar-refractivity contribution >= 4 is 12.0 Å². The van der Waals surface area contributed by atoms with E-state index in [-0.39, 0.29) is 18.0 Å². The minimum absolute atomic E-state index is 0.0597. The fourth-order valence-electron chi connectivity index (χ4n) is 4.11. The summed E-state index contributed by atoms with van der Waals surface area (Å²) in [5.41, 5.74) is 0.487. The number of amides is 2. The zero-order chi connectivity index (χ0) is 21.3. The minimum atomic E-state index is -0.531. The molecule has 1 saturated heterocycles. The molecule has 8 nitrogen and oxygen atoms in total. The van der Waals surface area contributed by atoms with Gasteiger partial charge in [-0.05, 0) is 39.2 Å². The lowest BCUT2D eigenvalue weighted by molar-refractivity contribution is -0.131. The number of likely N-dealkylation sites (tertiary alicyclic amines) is 1. The number of aromatic nitrogens is 3. The number of hydrogen-bond donors (Lipinski definition) is 0. The highest BCUT2D eigenvalue weighted by Crippen LogP contribution is 2.32. The van der Waals surface area contributed by atoms with Crippen LogP contribution in [0.1, 0.15) is 56.9 Å². The molecule has 160 valence electrons. The summed E-state index contributed by atoms with van der Waals surface area (Å²) in [5, 5.41) is 8.76. The van der Waals surface area contributed by atoms with Crippen LogP contribution < -0.4 is 0 Å². The number of rotatable bonds is 3. The average Bonchev–Trinajstić information content (AvgIpc) is 3.33. The lowest BCUT2D eigenvalue weighted by atomic mass is 10.1. The first-order valence-corrected chi connectivity index (χ1v) is 10.5. The molecule has 0 spiro atoms. The van der Waals surface area contributed by atoms with E-state index in [1.807, 2.05) is 56.0 Å². The van der Waals surface area contributed by atoms with Gasteiger partial charge in [-0.1, -0.05) is 30.3 Å². The number of carbonyl (C=O) groups is 2. The molecule has 2 aromatic rings. The van der Waals surface area contributed by atoms with Crippen molar-refractivity contribution in [2.75, 3.05) is 13.1 Å². The average molecular weight is 412 g/mol. The third-order valence-corrected chi connectivity index (χ3v) is 5.50. The molecular weight excluding hydrogens is 382 g/mol. The van der Waals surface area contributed by atoms with Crippen molar-refractivity contribution in [1.82, 2.24) is 24.6 Å². The van der Waals surface area contributed by atoms with Gasteiger partial charge >= 0.3 is 6.09 Å². The molecule has 0 bridgehead atoms. The fourth-order valence-corrected chi connectivity index (χ4v) is 4.11. The van der Waals surface area contributed by atoms with E-state index in [9.17, 15) is 9.59 Å². The topological polar surface area (TPSA) is 80.6 Å². The van der Waals surface area contributed by atoms with Crippen LogP contribution in [0.3, 0.4) is 0 Å². The van der Waals surface area contributed by atoms with Gasteiger partial charge < -0.3 is 14.2 Å². The molecule has 8 heteroatoms. The predicted octanol–water partition coefficient (Wildman–Crippen LogP) is 2.94. The van der Waals surface area contributed by atoms with Gasteiger partial charge in [0.1, 0.15) is 5.60 Å². The Morgan fingerprint density at radius 2 is 1.87 bits per heavy atom. The molecule has 3 heterocycles. The van der Waals surface area contributed by atoms with Crippen molar-refractivity contribution in [3.63, 3.8) is 0 Å².